The first-order valence-corrected chi connectivity index (χ1v) is 3.57. The van der Waals surface area contributed by atoms with Crippen molar-refractivity contribution in [3.8, 4) is 0 Å². The van der Waals surface area contributed by atoms with E-state index in [4.69, 9.17) is 0 Å². The van der Waals surface area contributed by atoms with Crippen LogP contribution < -0.4 is 0 Å². The van der Waals surface area contributed by atoms with E-state index in [1.165, 1.54) is 10.8 Å². The fourth-order valence-electron chi connectivity index (χ4n) is 0.0909. The molecule has 0 atom stereocenters. The van der Waals surface area contributed by atoms with Gasteiger partial charge in [-0.05, 0) is 0 Å². The molecule has 4 heteroatoms. The zero-order valence-corrected chi connectivity index (χ0v) is 5.18. The topological polar surface area (TPSA) is 17.1 Å². The van der Waals surface area contributed by atoms with Crippen molar-refractivity contribution >= 4 is 36.0 Å². The molecule has 34 valence electrons. The highest BCUT2D eigenvalue weighted by Crippen LogP contribution is 2.01. The van der Waals surface area contributed by atoms with Gasteiger partial charge in [-0.2, -0.15) is 0 Å². The number of thiol groups is 1. The van der Waals surface area contributed by atoms with E-state index < -0.39 is 0 Å². The van der Waals surface area contributed by atoms with Crippen molar-refractivity contribution in [2.24, 2.45) is 0 Å². The molecule has 0 fully saturated rings. The van der Waals surface area contributed by atoms with Gasteiger partial charge in [-0.25, -0.2) is 0 Å². The van der Waals surface area contributed by atoms with E-state index in [0.717, 1.165) is 0 Å². The highest BCUT2D eigenvalue weighted by Gasteiger charge is 1.85. The lowest BCUT2D eigenvalue weighted by Crippen LogP contribution is -1.96. The molecule has 0 unspecified atom stereocenters. The first-order chi connectivity index (χ1) is 2.77. The number of rotatable bonds is 2. The van der Waals surface area contributed by atoms with Crippen LogP contribution in [0.5, 0.6) is 0 Å². The molecule has 0 heterocycles. The quantitative estimate of drug-likeness (QED) is 0.307. The van der Waals surface area contributed by atoms with Crippen LogP contribution >= 0.6 is 22.5 Å². The van der Waals surface area contributed by atoms with Crippen molar-refractivity contribution in [3.63, 3.8) is 0 Å². The highest BCUT2D eigenvalue weighted by atomic mass is 33.1. The van der Waals surface area contributed by atoms with Crippen molar-refractivity contribution in [3.05, 3.63) is 0 Å². The van der Waals surface area contributed by atoms with Gasteiger partial charge in [-0.15, -0.1) is 11.7 Å². The van der Waals surface area contributed by atoms with E-state index in [9.17, 15) is 4.79 Å². The van der Waals surface area contributed by atoms with Gasteiger partial charge in [0, 0.05) is 0 Å². The fourth-order valence-corrected chi connectivity index (χ4v) is 0.818. The third kappa shape index (κ3) is 4.43. The summed E-state index contributed by atoms with van der Waals surface area (Å²) in [6.07, 6.45) is 0. The molecule has 0 amide bonds. The van der Waals surface area contributed by atoms with Crippen LogP contribution in [0.25, 0.3) is 0 Å². The van der Waals surface area contributed by atoms with Crippen molar-refractivity contribution in [1.82, 2.24) is 0 Å². The summed E-state index contributed by atoms with van der Waals surface area (Å²) >= 11 is 3.76. The van der Waals surface area contributed by atoms with Crippen LogP contribution in [0.1, 0.15) is 0 Å². The van der Waals surface area contributed by atoms with E-state index in [2.05, 4.69) is 11.7 Å². The molecule has 0 aromatic heterocycles. The molecule has 0 spiro atoms. The number of hydrogen-bond donors (Lipinski definition) is 1. The number of carbonyl (C=O) groups excluding carboxylic acids is 1. The monoisotopic (exact) mass is 120 g/mol. The summed E-state index contributed by atoms with van der Waals surface area (Å²) in [5.41, 5.74) is 0.176. The SMILES string of the molecule is BC(=O)CSS. The third-order valence-corrected chi connectivity index (χ3v) is 1.19. The van der Waals surface area contributed by atoms with E-state index in [0.29, 0.717) is 5.75 Å². The van der Waals surface area contributed by atoms with Crippen LogP contribution in [0.2, 0.25) is 0 Å². The molecule has 0 rings (SSSR count). The molecule has 0 aliphatic rings. The Labute approximate surface area is 47.1 Å². The van der Waals surface area contributed by atoms with Crippen molar-refractivity contribution < 1.29 is 4.79 Å². The molecular formula is C2H5BOS2. The Bertz CT molecular complexity index is 55.5. The predicted molar refractivity (Wildman–Crippen MR) is 35.0 cm³/mol. The van der Waals surface area contributed by atoms with Gasteiger partial charge in [-0.3, -0.25) is 0 Å². The molecule has 0 N–H and O–H groups in total. The molecule has 0 saturated carbocycles. The molecule has 1 nitrogen and oxygen atoms in total. The largest absolute Gasteiger partial charge is 0.311 e. The maximum atomic E-state index is 9.97. The Morgan fingerprint density at radius 2 is 2.50 bits per heavy atom. The Kier molecular flexibility index (Phi) is 3.88. The van der Waals surface area contributed by atoms with Crippen LogP contribution in [-0.4, -0.2) is 19.3 Å². The molecule has 0 radical (unpaired) electrons. The second-order valence-corrected chi connectivity index (χ2v) is 2.30. The Morgan fingerprint density at radius 1 is 2.00 bits per heavy atom. The second kappa shape index (κ2) is 3.62. The summed E-state index contributed by atoms with van der Waals surface area (Å²) in [4.78, 5) is 9.97. The normalized spacial score (nSPS) is 8.17. The maximum absolute atomic E-state index is 9.97. The van der Waals surface area contributed by atoms with Crippen LogP contribution in [0.3, 0.4) is 0 Å². The summed E-state index contributed by atoms with van der Waals surface area (Å²) in [5, 5.41) is 0. The molecule has 0 saturated heterocycles. The van der Waals surface area contributed by atoms with Gasteiger partial charge in [-0.1, -0.05) is 10.8 Å². The first-order valence-electron chi connectivity index (χ1n) is 1.53. The molecule has 0 aromatic rings. The van der Waals surface area contributed by atoms with Gasteiger partial charge >= 0.3 is 0 Å². The van der Waals surface area contributed by atoms with Crippen LogP contribution in [-0.2, 0) is 4.79 Å². The third-order valence-electron chi connectivity index (χ3n) is 0.268. The number of hydrogen-bond acceptors (Lipinski definition) is 3. The Hall–Kier alpha value is 0.435. The summed E-state index contributed by atoms with van der Waals surface area (Å²) in [6.45, 7) is 0. The number of carbonyl (C=O) groups is 1. The zero-order chi connectivity index (χ0) is 4.99. The molecule has 0 aliphatic heterocycles. The van der Waals surface area contributed by atoms with Gasteiger partial charge in [0.25, 0.3) is 0 Å². The van der Waals surface area contributed by atoms with E-state index >= 15 is 0 Å². The lowest BCUT2D eigenvalue weighted by Gasteiger charge is -1.80. The minimum Gasteiger partial charge on any atom is -0.311 e. The predicted octanol–water partition coefficient (Wildman–Crippen LogP) is -0.276. The van der Waals surface area contributed by atoms with Crippen LogP contribution in [0.4, 0.5) is 0 Å². The molecule has 0 aliphatic carbocycles. The summed E-state index contributed by atoms with van der Waals surface area (Å²) < 4.78 is 0. The van der Waals surface area contributed by atoms with E-state index in [1.807, 2.05) is 0 Å². The lowest BCUT2D eigenvalue weighted by atomic mass is 10.1. The van der Waals surface area contributed by atoms with Gasteiger partial charge < -0.3 is 4.79 Å². The average Bonchev–Trinajstić information content (AvgIpc) is 1.35. The van der Waals surface area contributed by atoms with E-state index in [1.54, 1.807) is 7.85 Å². The van der Waals surface area contributed by atoms with Crippen LogP contribution in [0, 0.1) is 0 Å². The summed E-state index contributed by atoms with van der Waals surface area (Å²) in [6, 6.07) is 0. The van der Waals surface area contributed by atoms with Gasteiger partial charge in [0.15, 0.2) is 7.85 Å². The summed E-state index contributed by atoms with van der Waals surface area (Å²) in [5.74, 6) is 0.517. The second-order valence-electron chi connectivity index (χ2n) is 0.975. The fraction of sp³-hybridized carbons (Fsp3) is 0.500. The lowest BCUT2D eigenvalue weighted by molar-refractivity contribution is -0.109. The minimum atomic E-state index is 0.176. The smallest absolute Gasteiger partial charge is 0.188 e. The zero-order valence-electron chi connectivity index (χ0n) is 3.47. The van der Waals surface area contributed by atoms with Gasteiger partial charge in [0.2, 0.25) is 0 Å². The standard InChI is InChI=1S/C2H5BOS2/c3-2(4)1-6-5/h5H,1,3H2. The van der Waals surface area contributed by atoms with Crippen molar-refractivity contribution in [2.45, 2.75) is 0 Å². The molecule has 0 bridgehead atoms. The molecule has 6 heavy (non-hydrogen) atoms. The van der Waals surface area contributed by atoms with Gasteiger partial charge in [0.05, 0.1) is 11.4 Å². The van der Waals surface area contributed by atoms with Gasteiger partial charge in [0.1, 0.15) is 0 Å². The van der Waals surface area contributed by atoms with Crippen molar-refractivity contribution in [1.29, 1.82) is 0 Å². The Balaban J connectivity index is 2.83. The highest BCUT2D eigenvalue weighted by molar-refractivity contribution is 8.68. The van der Waals surface area contributed by atoms with Crippen molar-refractivity contribution in [2.75, 3.05) is 5.75 Å². The molecular weight excluding hydrogens is 115 g/mol. The Morgan fingerprint density at radius 3 is 2.50 bits per heavy atom. The minimum absolute atomic E-state index is 0.176. The summed E-state index contributed by atoms with van der Waals surface area (Å²) in [7, 11) is 2.80. The van der Waals surface area contributed by atoms with Crippen LogP contribution in [0.15, 0.2) is 0 Å². The molecule has 0 aromatic carbocycles. The maximum Gasteiger partial charge on any atom is 0.188 e. The van der Waals surface area contributed by atoms with E-state index in [-0.39, 0.29) is 5.68 Å². The average molecular weight is 120 g/mol. The first kappa shape index (κ1) is 6.43.